The molecule has 0 radical (unpaired) electrons. The van der Waals surface area contributed by atoms with Gasteiger partial charge in [0.25, 0.3) is 0 Å². The van der Waals surface area contributed by atoms with Gasteiger partial charge in [0, 0.05) is 43.1 Å². The van der Waals surface area contributed by atoms with Gasteiger partial charge in [-0.15, -0.1) is 0 Å². The van der Waals surface area contributed by atoms with Crippen molar-refractivity contribution >= 4 is 17.3 Å². The Hall–Kier alpha value is -2.66. The number of nitrogens with one attached hydrogen (secondary N) is 1. The number of anilines is 2. The molecule has 25 heavy (non-hydrogen) atoms. The van der Waals surface area contributed by atoms with Crippen molar-refractivity contribution in [3.8, 4) is 11.1 Å². The molecule has 0 aromatic heterocycles. The van der Waals surface area contributed by atoms with E-state index in [0.717, 1.165) is 43.5 Å². The largest absolute Gasteiger partial charge is 0.369 e. The van der Waals surface area contributed by atoms with Gasteiger partial charge in [0.05, 0.1) is 0 Å². The zero-order valence-corrected chi connectivity index (χ0v) is 14.3. The number of hydrogen-bond acceptors (Lipinski definition) is 3. The van der Waals surface area contributed by atoms with Crippen molar-refractivity contribution in [2.75, 3.05) is 43.4 Å². The maximum Gasteiger partial charge on any atom is 0.247 e. The Kier molecular flexibility index (Phi) is 5.14. The van der Waals surface area contributed by atoms with Crippen molar-refractivity contribution in [2.45, 2.75) is 0 Å². The van der Waals surface area contributed by atoms with E-state index in [1.54, 1.807) is 12.1 Å². The second-order valence-corrected chi connectivity index (χ2v) is 6.23. The van der Waals surface area contributed by atoms with Gasteiger partial charge in [-0.3, -0.25) is 4.79 Å². The summed E-state index contributed by atoms with van der Waals surface area (Å²) in [4.78, 5) is 16.0. The number of carbonyl (C=O) groups excluding carboxylic acids is 1. The van der Waals surface area contributed by atoms with Crippen molar-refractivity contribution in [1.29, 1.82) is 0 Å². The van der Waals surface area contributed by atoms with E-state index in [9.17, 15) is 9.18 Å². The number of rotatable bonds is 4. The highest BCUT2D eigenvalue weighted by molar-refractivity contribution is 5.99. The minimum absolute atomic E-state index is 0.358. The van der Waals surface area contributed by atoms with Crippen LogP contribution in [-0.4, -0.2) is 44.0 Å². The van der Waals surface area contributed by atoms with Crippen molar-refractivity contribution < 1.29 is 9.18 Å². The minimum Gasteiger partial charge on any atom is -0.369 e. The van der Waals surface area contributed by atoms with Crippen LogP contribution in [-0.2, 0) is 4.79 Å². The summed E-state index contributed by atoms with van der Waals surface area (Å²) < 4.78 is 14.4. The third kappa shape index (κ3) is 4.06. The van der Waals surface area contributed by atoms with Gasteiger partial charge in [-0.2, -0.15) is 0 Å². The van der Waals surface area contributed by atoms with Gasteiger partial charge >= 0.3 is 0 Å². The summed E-state index contributed by atoms with van der Waals surface area (Å²) >= 11 is 0. The second-order valence-electron chi connectivity index (χ2n) is 6.23. The molecule has 5 heteroatoms. The predicted octanol–water partition coefficient (Wildman–Crippen LogP) is 3.37. The molecule has 0 atom stereocenters. The first-order valence-electron chi connectivity index (χ1n) is 8.34. The fraction of sp³-hybridized carbons (Fsp3) is 0.250. The number of likely N-dealkylation sites (N-methyl/N-ethyl adjacent to an activating group) is 1. The van der Waals surface area contributed by atoms with E-state index in [1.807, 2.05) is 24.3 Å². The first-order valence-corrected chi connectivity index (χ1v) is 8.34. The maximum atomic E-state index is 14.4. The van der Waals surface area contributed by atoms with E-state index < -0.39 is 0 Å². The van der Waals surface area contributed by atoms with Crippen LogP contribution in [0.2, 0.25) is 0 Å². The summed E-state index contributed by atoms with van der Waals surface area (Å²) in [5, 5.41) is 2.56. The lowest BCUT2D eigenvalue weighted by atomic mass is 10.0. The van der Waals surface area contributed by atoms with Gasteiger partial charge in [0.15, 0.2) is 0 Å². The smallest absolute Gasteiger partial charge is 0.247 e. The fourth-order valence-corrected chi connectivity index (χ4v) is 2.94. The Bertz CT molecular complexity index is 765. The summed E-state index contributed by atoms with van der Waals surface area (Å²) in [6, 6.07) is 12.6. The molecule has 1 fully saturated rings. The molecule has 0 saturated carbocycles. The van der Waals surface area contributed by atoms with Crippen LogP contribution >= 0.6 is 0 Å². The molecule has 0 unspecified atom stereocenters. The van der Waals surface area contributed by atoms with E-state index in [1.165, 1.54) is 6.07 Å². The lowest BCUT2D eigenvalue weighted by Crippen LogP contribution is -2.44. The number of nitrogens with zero attached hydrogens (tertiary/aromatic N) is 2. The molecule has 1 N–H and O–H groups in total. The summed E-state index contributed by atoms with van der Waals surface area (Å²) in [6.45, 7) is 7.49. The monoisotopic (exact) mass is 339 g/mol. The molecule has 4 nitrogen and oxygen atoms in total. The number of hydrogen-bond donors (Lipinski definition) is 1. The highest BCUT2D eigenvalue weighted by Crippen LogP contribution is 2.27. The van der Waals surface area contributed by atoms with E-state index in [4.69, 9.17) is 0 Å². The average Bonchev–Trinajstić information content (AvgIpc) is 2.63. The first-order chi connectivity index (χ1) is 12.1. The lowest BCUT2D eigenvalue weighted by Gasteiger charge is -2.34. The molecule has 0 spiro atoms. The highest BCUT2D eigenvalue weighted by Gasteiger charge is 2.14. The molecule has 0 bridgehead atoms. The minimum atomic E-state index is -0.366. The Balaban J connectivity index is 1.75. The van der Waals surface area contributed by atoms with E-state index in [0.29, 0.717) is 11.3 Å². The molecule has 1 aliphatic heterocycles. The molecule has 1 aliphatic rings. The lowest BCUT2D eigenvalue weighted by molar-refractivity contribution is -0.111. The normalized spacial score (nSPS) is 15.0. The molecule has 0 aliphatic carbocycles. The van der Waals surface area contributed by atoms with Crippen LogP contribution in [0.25, 0.3) is 11.1 Å². The summed E-state index contributed by atoms with van der Waals surface area (Å²) in [5.74, 6) is -0.724. The van der Waals surface area contributed by atoms with Crippen LogP contribution < -0.4 is 10.2 Å². The number of amides is 1. The van der Waals surface area contributed by atoms with Gasteiger partial charge in [-0.25, -0.2) is 4.39 Å². The molecule has 2 aromatic carbocycles. The van der Waals surface area contributed by atoms with Crippen LogP contribution in [0.5, 0.6) is 0 Å². The van der Waals surface area contributed by atoms with Crippen LogP contribution in [0.4, 0.5) is 15.8 Å². The Labute approximate surface area is 147 Å². The molecule has 3 rings (SSSR count). The molecule has 130 valence electrons. The zero-order chi connectivity index (χ0) is 17.8. The summed E-state index contributed by atoms with van der Waals surface area (Å²) in [6.07, 6.45) is 1.16. The van der Waals surface area contributed by atoms with Gasteiger partial charge in [0.2, 0.25) is 5.91 Å². The number of benzene rings is 2. The molecular weight excluding hydrogens is 317 g/mol. The van der Waals surface area contributed by atoms with Gasteiger partial charge in [-0.05, 0) is 49.0 Å². The number of halogens is 1. The fourth-order valence-electron chi connectivity index (χ4n) is 2.94. The summed E-state index contributed by atoms with van der Waals surface area (Å²) in [5.41, 5.74) is 2.91. The highest BCUT2D eigenvalue weighted by atomic mass is 19.1. The second kappa shape index (κ2) is 7.49. The third-order valence-electron chi connectivity index (χ3n) is 4.47. The molecular formula is C20H22FN3O. The standard InChI is InChI=1S/C20H22FN3O/c1-3-20(25)22-16-6-9-18(19(21)14-16)15-4-7-17(8-5-15)24-12-10-23(2)11-13-24/h3-9,14H,1,10-13H2,2H3,(H,22,25). The van der Waals surface area contributed by atoms with E-state index >= 15 is 0 Å². The maximum absolute atomic E-state index is 14.4. The zero-order valence-electron chi connectivity index (χ0n) is 14.3. The predicted molar refractivity (Wildman–Crippen MR) is 100 cm³/mol. The molecule has 1 amide bonds. The molecule has 2 aromatic rings. The van der Waals surface area contributed by atoms with Crippen molar-refractivity contribution in [3.63, 3.8) is 0 Å². The van der Waals surface area contributed by atoms with Gasteiger partial charge < -0.3 is 15.1 Å². The quantitative estimate of drug-likeness (QED) is 0.868. The Morgan fingerprint density at radius 2 is 1.80 bits per heavy atom. The van der Waals surface area contributed by atoms with Crippen molar-refractivity contribution in [1.82, 2.24) is 4.90 Å². The van der Waals surface area contributed by atoms with Crippen LogP contribution in [0.3, 0.4) is 0 Å². The third-order valence-corrected chi connectivity index (χ3v) is 4.47. The topological polar surface area (TPSA) is 35.6 Å². The molecule has 1 heterocycles. The van der Waals surface area contributed by atoms with Gasteiger partial charge in [0.1, 0.15) is 5.82 Å². The number of piperazine rings is 1. The SMILES string of the molecule is C=CC(=O)Nc1ccc(-c2ccc(N3CCN(C)CC3)cc2)c(F)c1. The number of carbonyl (C=O) groups is 1. The van der Waals surface area contributed by atoms with Crippen LogP contribution in [0, 0.1) is 5.82 Å². The Morgan fingerprint density at radius 3 is 2.40 bits per heavy atom. The van der Waals surface area contributed by atoms with Crippen LogP contribution in [0.15, 0.2) is 55.1 Å². The summed E-state index contributed by atoms with van der Waals surface area (Å²) in [7, 11) is 2.13. The first kappa shape index (κ1) is 17.2. The van der Waals surface area contributed by atoms with Gasteiger partial charge in [-0.1, -0.05) is 18.7 Å². The van der Waals surface area contributed by atoms with Crippen molar-refractivity contribution in [3.05, 3.63) is 60.9 Å². The van der Waals surface area contributed by atoms with Crippen molar-refractivity contribution in [2.24, 2.45) is 0 Å². The van der Waals surface area contributed by atoms with Crippen LogP contribution in [0.1, 0.15) is 0 Å². The average molecular weight is 339 g/mol. The Morgan fingerprint density at radius 1 is 1.12 bits per heavy atom. The molecule has 1 saturated heterocycles. The van der Waals surface area contributed by atoms with E-state index in [-0.39, 0.29) is 11.7 Å². The van der Waals surface area contributed by atoms with E-state index in [2.05, 4.69) is 28.7 Å².